The van der Waals surface area contributed by atoms with E-state index in [0.29, 0.717) is 0 Å². The van der Waals surface area contributed by atoms with E-state index < -0.39 is 0 Å². The Hall–Kier alpha value is -0.260. The summed E-state index contributed by atoms with van der Waals surface area (Å²) in [6.07, 6.45) is 11.3. The second-order valence-corrected chi connectivity index (χ2v) is 5.04. The van der Waals surface area contributed by atoms with E-state index in [9.17, 15) is 0 Å². The average Bonchev–Trinajstić information content (AvgIpc) is 2.31. The van der Waals surface area contributed by atoms with E-state index in [1.807, 2.05) is 0 Å². The highest BCUT2D eigenvalue weighted by Crippen LogP contribution is 2.81. The third-order valence-corrected chi connectivity index (χ3v) is 5.03. The van der Waals surface area contributed by atoms with Crippen molar-refractivity contribution in [3.05, 3.63) is 12.2 Å². The van der Waals surface area contributed by atoms with E-state index in [1.54, 1.807) is 19.3 Å². The molecule has 0 aromatic heterocycles. The minimum atomic E-state index is 0.902. The molecule has 3 fully saturated rings. The molecule has 5 atom stereocenters. The minimum Gasteiger partial charge on any atom is -0.0848 e. The standard InChI is InChI=1S/C11H14/c1-2-8-6-7-3-4-9-10(7)11(8,9)5-1/h3-4,7-10H,1-2,5-6H2/t7-,8?,9-,10?,11-/m0/s1. The van der Waals surface area contributed by atoms with Crippen LogP contribution in [0, 0.1) is 29.1 Å². The fraction of sp³-hybridized carbons (Fsp3) is 0.818. The summed E-state index contributed by atoms with van der Waals surface area (Å²) in [6.45, 7) is 0. The molecule has 0 N–H and O–H groups in total. The van der Waals surface area contributed by atoms with E-state index in [-0.39, 0.29) is 0 Å². The number of rotatable bonds is 0. The first-order chi connectivity index (χ1) is 5.43. The summed E-state index contributed by atoms with van der Waals surface area (Å²) >= 11 is 0. The molecule has 2 unspecified atom stereocenters. The zero-order chi connectivity index (χ0) is 7.05. The quantitative estimate of drug-likeness (QED) is 0.461. The Bertz CT molecular complexity index is 249. The minimum absolute atomic E-state index is 0.902. The molecule has 0 aliphatic heterocycles. The van der Waals surface area contributed by atoms with Gasteiger partial charge < -0.3 is 0 Å². The average molecular weight is 146 g/mol. The maximum absolute atomic E-state index is 2.54. The molecule has 4 aliphatic rings. The third kappa shape index (κ3) is 0.369. The van der Waals surface area contributed by atoms with Gasteiger partial charge in [0.25, 0.3) is 0 Å². The van der Waals surface area contributed by atoms with Gasteiger partial charge in [0.15, 0.2) is 0 Å². The summed E-state index contributed by atoms with van der Waals surface area (Å²) < 4.78 is 0. The van der Waals surface area contributed by atoms with Crippen molar-refractivity contribution in [2.24, 2.45) is 29.1 Å². The van der Waals surface area contributed by atoms with Crippen molar-refractivity contribution in [3.8, 4) is 0 Å². The van der Waals surface area contributed by atoms with Crippen molar-refractivity contribution in [2.75, 3.05) is 0 Å². The van der Waals surface area contributed by atoms with Gasteiger partial charge in [-0.15, -0.1) is 0 Å². The first kappa shape index (κ1) is 5.40. The van der Waals surface area contributed by atoms with Crippen LogP contribution in [0.4, 0.5) is 0 Å². The van der Waals surface area contributed by atoms with E-state index in [4.69, 9.17) is 0 Å². The van der Waals surface area contributed by atoms with Gasteiger partial charge in [0.2, 0.25) is 0 Å². The first-order valence-electron chi connectivity index (χ1n) is 5.11. The molecule has 58 valence electrons. The highest BCUT2D eigenvalue weighted by Gasteiger charge is 2.75. The Morgan fingerprint density at radius 3 is 3.18 bits per heavy atom. The lowest BCUT2D eigenvalue weighted by atomic mass is 9.91. The lowest BCUT2D eigenvalue weighted by Gasteiger charge is -2.13. The van der Waals surface area contributed by atoms with E-state index in [1.165, 1.54) is 6.42 Å². The van der Waals surface area contributed by atoms with Crippen molar-refractivity contribution < 1.29 is 0 Å². The fourth-order valence-electron chi connectivity index (χ4n) is 4.76. The summed E-state index contributed by atoms with van der Waals surface area (Å²) in [7, 11) is 0. The van der Waals surface area contributed by atoms with Crippen LogP contribution in [0.5, 0.6) is 0 Å². The molecule has 0 saturated heterocycles. The highest BCUT2D eigenvalue weighted by molar-refractivity contribution is 5.34. The predicted molar refractivity (Wildman–Crippen MR) is 44.0 cm³/mol. The second-order valence-electron chi connectivity index (χ2n) is 5.04. The zero-order valence-corrected chi connectivity index (χ0v) is 6.79. The van der Waals surface area contributed by atoms with Crippen molar-refractivity contribution in [3.63, 3.8) is 0 Å². The number of hydrogen-bond acceptors (Lipinski definition) is 0. The van der Waals surface area contributed by atoms with Crippen molar-refractivity contribution >= 4 is 0 Å². The summed E-state index contributed by atoms with van der Waals surface area (Å²) in [5.41, 5.74) is 0.902. The molecule has 0 nitrogen and oxygen atoms in total. The van der Waals surface area contributed by atoms with E-state index >= 15 is 0 Å². The predicted octanol–water partition coefficient (Wildman–Crippen LogP) is 2.61. The Balaban J connectivity index is 1.90. The number of hydrogen-bond donors (Lipinski definition) is 0. The van der Waals surface area contributed by atoms with Gasteiger partial charge in [-0.05, 0) is 48.3 Å². The summed E-state index contributed by atoms with van der Waals surface area (Å²) in [5.74, 6) is 4.39. The van der Waals surface area contributed by atoms with Crippen LogP contribution in [0.3, 0.4) is 0 Å². The molecule has 3 saturated carbocycles. The summed E-state index contributed by atoms with van der Waals surface area (Å²) in [6, 6.07) is 0. The maximum atomic E-state index is 2.54. The smallest absolute Gasteiger partial charge is 0.0131 e. The Morgan fingerprint density at radius 1 is 1.27 bits per heavy atom. The van der Waals surface area contributed by atoms with Crippen LogP contribution in [-0.4, -0.2) is 0 Å². The van der Waals surface area contributed by atoms with Crippen molar-refractivity contribution in [1.82, 2.24) is 0 Å². The Labute approximate surface area is 67.7 Å². The molecule has 0 radical (unpaired) electrons. The molecule has 1 spiro atoms. The molecule has 0 bridgehead atoms. The van der Waals surface area contributed by atoms with E-state index in [2.05, 4.69) is 12.2 Å². The lowest BCUT2D eigenvalue weighted by molar-refractivity contribution is 0.366. The molecule has 11 heavy (non-hydrogen) atoms. The van der Waals surface area contributed by atoms with Gasteiger partial charge in [-0.25, -0.2) is 0 Å². The van der Waals surface area contributed by atoms with Crippen LogP contribution in [0.15, 0.2) is 12.2 Å². The zero-order valence-electron chi connectivity index (χ0n) is 6.79. The molecule has 4 rings (SSSR count). The van der Waals surface area contributed by atoms with Crippen LogP contribution in [0.2, 0.25) is 0 Å². The Morgan fingerprint density at radius 2 is 2.27 bits per heavy atom. The lowest BCUT2D eigenvalue weighted by Crippen LogP contribution is -2.06. The summed E-state index contributed by atoms with van der Waals surface area (Å²) in [5, 5.41) is 0. The molecule has 0 aromatic carbocycles. The molecular weight excluding hydrogens is 132 g/mol. The number of allylic oxidation sites excluding steroid dienone is 2. The second kappa shape index (κ2) is 1.32. The molecule has 0 aromatic rings. The van der Waals surface area contributed by atoms with Crippen LogP contribution in [0.1, 0.15) is 25.7 Å². The Kier molecular flexibility index (Phi) is 0.648. The van der Waals surface area contributed by atoms with Gasteiger partial charge in [0.1, 0.15) is 0 Å². The van der Waals surface area contributed by atoms with E-state index in [0.717, 1.165) is 29.1 Å². The molecule has 0 heteroatoms. The molecule has 0 heterocycles. The van der Waals surface area contributed by atoms with Gasteiger partial charge >= 0.3 is 0 Å². The van der Waals surface area contributed by atoms with Crippen LogP contribution < -0.4 is 0 Å². The highest BCUT2D eigenvalue weighted by atomic mass is 14.8. The monoisotopic (exact) mass is 146 g/mol. The van der Waals surface area contributed by atoms with Crippen LogP contribution in [0.25, 0.3) is 0 Å². The van der Waals surface area contributed by atoms with Gasteiger partial charge in [-0.2, -0.15) is 0 Å². The normalized spacial score (nSPS) is 68.4. The van der Waals surface area contributed by atoms with Crippen LogP contribution >= 0.6 is 0 Å². The maximum Gasteiger partial charge on any atom is -0.0131 e. The van der Waals surface area contributed by atoms with Gasteiger partial charge in [0, 0.05) is 0 Å². The largest absolute Gasteiger partial charge is 0.0848 e. The first-order valence-corrected chi connectivity index (χ1v) is 5.11. The molecule has 0 amide bonds. The fourth-order valence-corrected chi connectivity index (χ4v) is 4.76. The van der Waals surface area contributed by atoms with Crippen molar-refractivity contribution in [2.45, 2.75) is 25.7 Å². The van der Waals surface area contributed by atoms with Gasteiger partial charge in [-0.1, -0.05) is 18.6 Å². The molecule has 4 aliphatic carbocycles. The topological polar surface area (TPSA) is 0 Å². The summed E-state index contributed by atoms with van der Waals surface area (Å²) in [4.78, 5) is 0. The SMILES string of the molecule is C1=C[C@H]2C3[C@@H]1CC1CCC[C@@]132. The van der Waals surface area contributed by atoms with Gasteiger partial charge in [0.05, 0.1) is 0 Å². The molecular formula is C11H14. The van der Waals surface area contributed by atoms with Gasteiger partial charge in [-0.3, -0.25) is 0 Å². The van der Waals surface area contributed by atoms with Crippen molar-refractivity contribution in [1.29, 1.82) is 0 Å². The van der Waals surface area contributed by atoms with Crippen LogP contribution in [-0.2, 0) is 0 Å². The third-order valence-electron chi connectivity index (χ3n) is 5.03.